The van der Waals surface area contributed by atoms with Gasteiger partial charge in [-0.15, -0.1) is 0 Å². The molecule has 0 saturated heterocycles. The van der Waals surface area contributed by atoms with E-state index in [2.05, 4.69) is 36.0 Å². The molecule has 2 nitrogen and oxygen atoms in total. The van der Waals surface area contributed by atoms with Gasteiger partial charge in [0.05, 0.1) is 6.67 Å². The maximum atomic E-state index is 2.53. The molecule has 0 aromatic carbocycles. The molecule has 220 valence electrons. The first kappa shape index (κ1) is 34.4. The average molecular weight is 519 g/mol. The van der Waals surface area contributed by atoms with E-state index in [0.29, 0.717) is 0 Å². The normalized spacial score (nSPS) is 13.4. The second kappa shape index (κ2) is 28.4. The lowest BCUT2D eigenvalue weighted by Gasteiger charge is -2.21. The molecule has 1 aliphatic heterocycles. The van der Waals surface area contributed by atoms with E-state index in [0.717, 1.165) is 6.67 Å². The Morgan fingerprint density at radius 1 is 0.324 bits per heavy atom. The van der Waals surface area contributed by atoms with E-state index >= 15 is 0 Å². The summed E-state index contributed by atoms with van der Waals surface area (Å²) in [5.74, 6) is 0. The Kier molecular flexibility index (Phi) is 26.3. The summed E-state index contributed by atoms with van der Waals surface area (Å²) in [6.45, 7) is 8.25. The zero-order valence-electron chi connectivity index (χ0n) is 26.0. The van der Waals surface area contributed by atoms with Gasteiger partial charge in [0.25, 0.3) is 0 Å². The van der Waals surface area contributed by atoms with E-state index in [4.69, 9.17) is 0 Å². The first-order chi connectivity index (χ1) is 18.4. The van der Waals surface area contributed by atoms with Gasteiger partial charge in [0, 0.05) is 25.5 Å². The molecule has 1 aliphatic rings. The third kappa shape index (κ3) is 24.1. The van der Waals surface area contributed by atoms with Crippen LogP contribution in [0, 0.1) is 0 Å². The molecule has 0 saturated carbocycles. The summed E-state index contributed by atoms with van der Waals surface area (Å²) in [5.41, 5.74) is 0. The van der Waals surface area contributed by atoms with Gasteiger partial charge < -0.3 is 9.80 Å². The molecule has 0 aromatic heterocycles. The third-order valence-corrected chi connectivity index (χ3v) is 8.45. The zero-order valence-corrected chi connectivity index (χ0v) is 26.0. The molecule has 0 radical (unpaired) electrons. The van der Waals surface area contributed by atoms with Crippen molar-refractivity contribution in [3.05, 3.63) is 12.4 Å². The lowest BCUT2D eigenvalue weighted by Crippen LogP contribution is -2.26. The Morgan fingerprint density at radius 3 is 0.784 bits per heavy atom. The van der Waals surface area contributed by atoms with Crippen LogP contribution in [0.2, 0.25) is 0 Å². The molecule has 2 heteroatoms. The van der Waals surface area contributed by atoms with Crippen LogP contribution in [0.4, 0.5) is 0 Å². The summed E-state index contributed by atoms with van der Waals surface area (Å²) in [7, 11) is 0. The largest absolute Gasteiger partial charge is 0.359 e. The van der Waals surface area contributed by atoms with E-state index in [-0.39, 0.29) is 0 Å². The number of unbranched alkanes of at least 4 members (excludes halogenated alkanes) is 26. The van der Waals surface area contributed by atoms with Gasteiger partial charge in [-0.25, -0.2) is 0 Å². The van der Waals surface area contributed by atoms with Gasteiger partial charge in [-0.3, -0.25) is 0 Å². The van der Waals surface area contributed by atoms with Crippen LogP contribution < -0.4 is 0 Å². The third-order valence-electron chi connectivity index (χ3n) is 8.45. The molecule has 0 fully saturated rings. The van der Waals surface area contributed by atoms with E-state index in [1.54, 1.807) is 0 Å². The van der Waals surface area contributed by atoms with Gasteiger partial charge in [0.1, 0.15) is 0 Å². The standard InChI is InChI=1S/C35H70N2/c1-3-5-7-9-11-13-15-17-18-19-20-22-24-26-28-30-32-37-34-33-36(35-37)31-29-27-25-23-21-16-14-12-10-8-6-4-2/h33-34H,3-32,35H2,1-2H3. The monoisotopic (exact) mass is 519 g/mol. The van der Waals surface area contributed by atoms with Crippen molar-refractivity contribution in [1.82, 2.24) is 9.80 Å². The highest BCUT2D eigenvalue weighted by Gasteiger charge is 2.11. The first-order valence-electron chi connectivity index (χ1n) is 17.5. The molecule has 0 aliphatic carbocycles. The first-order valence-corrected chi connectivity index (χ1v) is 17.5. The number of hydrogen-bond donors (Lipinski definition) is 0. The minimum absolute atomic E-state index is 1.14. The van der Waals surface area contributed by atoms with Crippen LogP contribution in [0.3, 0.4) is 0 Å². The topological polar surface area (TPSA) is 6.48 Å². The van der Waals surface area contributed by atoms with Gasteiger partial charge in [-0.05, 0) is 12.8 Å². The lowest BCUT2D eigenvalue weighted by molar-refractivity contribution is 0.257. The maximum absolute atomic E-state index is 2.53. The molecule has 0 atom stereocenters. The van der Waals surface area contributed by atoms with Crippen molar-refractivity contribution in [3.63, 3.8) is 0 Å². The van der Waals surface area contributed by atoms with Crippen LogP contribution in [0.25, 0.3) is 0 Å². The van der Waals surface area contributed by atoms with Crippen LogP contribution in [0.5, 0.6) is 0 Å². The summed E-state index contributed by atoms with van der Waals surface area (Å²) in [6.07, 6.45) is 45.2. The molecule has 1 heterocycles. The average Bonchev–Trinajstić information content (AvgIpc) is 3.36. The highest BCUT2D eigenvalue weighted by molar-refractivity contribution is 4.90. The number of nitrogens with zero attached hydrogens (tertiary/aromatic N) is 2. The second-order valence-electron chi connectivity index (χ2n) is 12.3. The summed E-state index contributed by atoms with van der Waals surface area (Å²) in [6, 6.07) is 0. The van der Waals surface area contributed by atoms with Gasteiger partial charge in [0.2, 0.25) is 0 Å². The van der Waals surface area contributed by atoms with E-state index in [1.165, 1.54) is 193 Å². The second-order valence-corrected chi connectivity index (χ2v) is 12.3. The Morgan fingerprint density at radius 2 is 0.541 bits per heavy atom. The van der Waals surface area contributed by atoms with Crippen LogP contribution in [-0.4, -0.2) is 29.6 Å². The van der Waals surface area contributed by atoms with Crippen LogP contribution in [0.15, 0.2) is 12.4 Å². The maximum Gasteiger partial charge on any atom is 0.0893 e. The van der Waals surface area contributed by atoms with E-state index < -0.39 is 0 Å². The number of hydrogen-bond acceptors (Lipinski definition) is 2. The molecular weight excluding hydrogens is 448 g/mol. The predicted octanol–water partition coefficient (Wildman–Crippen LogP) is 12.0. The van der Waals surface area contributed by atoms with Crippen molar-refractivity contribution in [2.75, 3.05) is 19.8 Å². The Balaban J connectivity index is 1.74. The van der Waals surface area contributed by atoms with Gasteiger partial charge in [-0.2, -0.15) is 0 Å². The number of rotatable bonds is 30. The van der Waals surface area contributed by atoms with Crippen molar-refractivity contribution >= 4 is 0 Å². The van der Waals surface area contributed by atoms with Gasteiger partial charge >= 0.3 is 0 Å². The minimum atomic E-state index is 1.14. The molecule has 0 amide bonds. The predicted molar refractivity (Wildman–Crippen MR) is 168 cm³/mol. The van der Waals surface area contributed by atoms with Gasteiger partial charge in [0.15, 0.2) is 0 Å². The van der Waals surface area contributed by atoms with Crippen LogP contribution in [-0.2, 0) is 0 Å². The van der Waals surface area contributed by atoms with Crippen LogP contribution in [0.1, 0.15) is 194 Å². The Bertz CT molecular complexity index is 460. The fourth-order valence-electron chi connectivity index (χ4n) is 5.83. The molecule has 0 bridgehead atoms. The van der Waals surface area contributed by atoms with Crippen molar-refractivity contribution in [1.29, 1.82) is 0 Å². The Hall–Kier alpha value is -0.660. The summed E-state index contributed by atoms with van der Waals surface area (Å²) >= 11 is 0. The van der Waals surface area contributed by atoms with Crippen molar-refractivity contribution < 1.29 is 0 Å². The highest BCUT2D eigenvalue weighted by atomic mass is 15.3. The fraction of sp³-hybridized carbons (Fsp3) is 0.943. The lowest BCUT2D eigenvalue weighted by atomic mass is 10.0. The molecule has 0 aromatic rings. The molecule has 37 heavy (non-hydrogen) atoms. The van der Waals surface area contributed by atoms with Crippen molar-refractivity contribution in [2.24, 2.45) is 0 Å². The molecule has 0 spiro atoms. The smallest absolute Gasteiger partial charge is 0.0893 e. The summed E-state index contributed by atoms with van der Waals surface area (Å²) in [4.78, 5) is 5.06. The minimum Gasteiger partial charge on any atom is -0.359 e. The zero-order chi connectivity index (χ0) is 26.5. The molecule has 0 N–H and O–H groups in total. The van der Waals surface area contributed by atoms with E-state index in [1.807, 2.05) is 0 Å². The SMILES string of the molecule is CCCCCCCCCCCCCCCCCCN1C=CN(CCCCCCCCCCCCCC)C1. The molecule has 1 rings (SSSR count). The van der Waals surface area contributed by atoms with Gasteiger partial charge in [-0.1, -0.05) is 181 Å². The molecular formula is C35H70N2. The van der Waals surface area contributed by atoms with Crippen LogP contribution >= 0.6 is 0 Å². The Labute approximate surface area is 235 Å². The molecule has 0 unspecified atom stereocenters. The van der Waals surface area contributed by atoms with Crippen molar-refractivity contribution in [2.45, 2.75) is 194 Å². The fourth-order valence-corrected chi connectivity index (χ4v) is 5.83. The quantitative estimate of drug-likeness (QED) is 0.0872. The highest BCUT2D eigenvalue weighted by Crippen LogP contribution is 2.16. The van der Waals surface area contributed by atoms with E-state index in [9.17, 15) is 0 Å². The summed E-state index contributed by atoms with van der Waals surface area (Å²) in [5, 5.41) is 0. The summed E-state index contributed by atoms with van der Waals surface area (Å²) < 4.78 is 0. The van der Waals surface area contributed by atoms with Crippen molar-refractivity contribution in [3.8, 4) is 0 Å².